The van der Waals surface area contributed by atoms with Crippen LogP contribution < -0.4 is 18.9 Å². The fourth-order valence-corrected chi connectivity index (χ4v) is 1.16. The molecule has 0 radical (unpaired) electrons. The summed E-state index contributed by atoms with van der Waals surface area (Å²) < 4.78 is 0. The average molecular weight is 149 g/mol. The fourth-order valence-electron chi connectivity index (χ4n) is 1.16. The summed E-state index contributed by atoms with van der Waals surface area (Å²) in [6.45, 7) is 3.91. The molecular weight excluding hydrogens is 141 g/mol. The Morgan fingerprint density at radius 1 is 1.08 bits per heavy atom. The van der Waals surface area contributed by atoms with Gasteiger partial charge in [0.05, 0.1) is 0 Å². The van der Waals surface area contributed by atoms with Gasteiger partial charge in [-0.25, -0.2) is 0 Å². The molecule has 1 nitrogen and oxygen atoms in total. The summed E-state index contributed by atoms with van der Waals surface area (Å²) in [7, 11) is 0. The van der Waals surface area contributed by atoms with Crippen molar-refractivity contribution in [1.82, 2.24) is 4.98 Å². The molecule has 0 saturated carbocycles. The van der Waals surface area contributed by atoms with Crippen LogP contribution in [0, 0.1) is 6.92 Å². The van der Waals surface area contributed by atoms with Crippen LogP contribution in [0.2, 0.25) is 0 Å². The molecule has 0 aliphatic carbocycles. The maximum absolute atomic E-state index is 4.20. The first-order valence-electron chi connectivity index (χ1n) is 3.53. The van der Waals surface area contributed by atoms with Crippen molar-refractivity contribution in [3.8, 4) is 0 Å². The third kappa shape index (κ3) is 1.48. The molecule has 12 heavy (non-hydrogen) atoms. The standard InChI is InChI=1S/C10H8N.Li/c1-8-6-7-11-10-5-3-2-4-9(8)10;/h2-7H,1H2;/q-1;+1. The number of fused-ring (bicyclic) bond motifs is 1. The SMILES string of the molecule is [CH2-]c1ccnc2ccccc12.[Li+]. The predicted octanol–water partition coefficient (Wildman–Crippen LogP) is -0.579. The number of pyridine rings is 1. The summed E-state index contributed by atoms with van der Waals surface area (Å²) in [5, 5.41) is 1.13. The molecule has 1 aromatic carbocycles. The normalized spacial score (nSPS) is 9.33. The predicted molar refractivity (Wildman–Crippen MR) is 46.2 cm³/mol. The van der Waals surface area contributed by atoms with Gasteiger partial charge in [0, 0.05) is 5.52 Å². The second-order valence-electron chi connectivity index (χ2n) is 2.49. The van der Waals surface area contributed by atoms with E-state index in [-0.39, 0.29) is 18.9 Å². The molecule has 0 spiro atoms. The molecule has 0 fully saturated rings. The molecule has 1 heterocycles. The molecule has 0 unspecified atom stereocenters. The smallest absolute Gasteiger partial charge is 0.283 e. The van der Waals surface area contributed by atoms with Crippen molar-refractivity contribution >= 4 is 10.9 Å². The Hall–Kier alpha value is -0.903. The number of aromatic nitrogens is 1. The van der Waals surface area contributed by atoms with Crippen molar-refractivity contribution in [2.75, 3.05) is 0 Å². The zero-order valence-electron chi connectivity index (χ0n) is 7.12. The molecule has 0 N–H and O–H groups in total. The van der Waals surface area contributed by atoms with E-state index in [1.54, 1.807) is 6.20 Å². The minimum absolute atomic E-state index is 0. The third-order valence-electron chi connectivity index (χ3n) is 1.74. The van der Waals surface area contributed by atoms with Crippen LogP contribution in [0.1, 0.15) is 5.56 Å². The van der Waals surface area contributed by atoms with Crippen molar-refractivity contribution in [3.63, 3.8) is 0 Å². The van der Waals surface area contributed by atoms with Crippen LogP contribution in [0.25, 0.3) is 10.9 Å². The average Bonchev–Trinajstić information content (AvgIpc) is 2.06. The molecule has 0 aliphatic rings. The molecule has 0 atom stereocenters. The Labute approximate surface area is 84.0 Å². The molecule has 0 saturated heterocycles. The first kappa shape index (κ1) is 9.19. The first-order chi connectivity index (χ1) is 5.38. The zero-order chi connectivity index (χ0) is 7.68. The largest absolute Gasteiger partial charge is 1.00 e. The molecule has 54 valence electrons. The topological polar surface area (TPSA) is 12.9 Å². The van der Waals surface area contributed by atoms with Crippen molar-refractivity contribution in [1.29, 1.82) is 0 Å². The molecule has 2 aromatic rings. The quantitative estimate of drug-likeness (QED) is 0.361. The van der Waals surface area contributed by atoms with Gasteiger partial charge in [-0.1, -0.05) is 12.1 Å². The Morgan fingerprint density at radius 3 is 2.58 bits per heavy atom. The van der Waals surface area contributed by atoms with Gasteiger partial charge in [-0.3, -0.25) is 4.98 Å². The van der Waals surface area contributed by atoms with Crippen molar-refractivity contribution < 1.29 is 18.9 Å². The Balaban J connectivity index is 0.000000720. The number of hydrogen-bond acceptors (Lipinski definition) is 1. The molecule has 2 rings (SSSR count). The van der Waals surface area contributed by atoms with E-state index in [0.29, 0.717) is 0 Å². The second-order valence-corrected chi connectivity index (χ2v) is 2.49. The van der Waals surface area contributed by atoms with Crippen LogP contribution in [0.4, 0.5) is 0 Å². The van der Waals surface area contributed by atoms with E-state index < -0.39 is 0 Å². The van der Waals surface area contributed by atoms with E-state index in [9.17, 15) is 0 Å². The number of benzene rings is 1. The van der Waals surface area contributed by atoms with E-state index in [1.165, 1.54) is 0 Å². The summed E-state index contributed by atoms with van der Waals surface area (Å²) in [6.07, 6.45) is 1.78. The Kier molecular flexibility index (Phi) is 2.81. The van der Waals surface area contributed by atoms with Gasteiger partial charge < -0.3 is 0 Å². The van der Waals surface area contributed by atoms with Crippen LogP contribution >= 0.6 is 0 Å². The summed E-state index contributed by atoms with van der Waals surface area (Å²) >= 11 is 0. The minimum atomic E-state index is 0. The number of para-hydroxylation sites is 1. The van der Waals surface area contributed by atoms with Gasteiger partial charge in [0.2, 0.25) is 0 Å². The van der Waals surface area contributed by atoms with Crippen LogP contribution in [-0.4, -0.2) is 4.98 Å². The second kappa shape index (κ2) is 3.67. The monoisotopic (exact) mass is 149 g/mol. The van der Waals surface area contributed by atoms with Gasteiger partial charge in [-0.05, 0) is 12.3 Å². The van der Waals surface area contributed by atoms with Crippen molar-refractivity contribution in [3.05, 3.63) is 49.0 Å². The van der Waals surface area contributed by atoms with E-state index in [4.69, 9.17) is 0 Å². The maximum Gasteiger partial charge on any atom is 1.00 e. The van der Waals surface area contributed by atoms with Gasteiger partial charge in [0.1, 0.15) is 0 Å². The van der Waals surface area contributed by atoms with Gasteiger partial charge in [-0.15, -0.1) is 17.5 Å². The van der Waals surface area contributed by atoms with Crippen LogP contribution in [-0.2, 0) is 0 Å². The molecule has 0 bridgehead atoms. The third-order valence-corrected chi connectivity index (χ3v) is 1.74. The van der Waals surface area contributed by atoms with Crippen molar-refractivity contribution in [2.45, 2.75) is 0 Å². The summed E-state index contributed by atoms with van der Waals surface area (Å²) in [5.41, 5.74) is 2.05. The Bertz CT molecular complexity index is 379. The zero-order valence-corrected chi connectivity index (χ0v) is 7.12. The molecular formula is C10H8LiN. The summed E-state index contributed by atoms with van der Waals surface area (Å²) in [6, 6.07) is 9.92. The van der Waals surface area contributed by atoms with E-state index in [0.717, 1.165) is 16.5 Å². The number of nitrogens with zero attached hydrogens (tertiary/aromatic N) is 1. The molecule has 0 aliphatic heterocycles. The van der Waals surface area contributed by atoms with Crippen LogP contribution in [0.15, 0.2) is 36.5 Å². The molecule has 2 heteroatoms. The van der Waals surface area contributed by atoms with E-state index in [2.05, 4.69) is 11.9 Å². The number of rotatable bonds is 0. The van der Waals surface area contributed by atoms with E-state index >= 15 is 0 Å². The van der Waals surface area contributed by atoms with Crippen LogP contribution in [0.5, 0.6) is 0 Å². The van der Waals surface area contributed by atoms with Crippen LogP contribution in [0.3, 0.4) is 0 Å². The first-order valence-corrected chi connectivity index (χ1v) is 3.53. The van der Waals surface area contributed by atoms with Gasteiger partial charge in [-0.2, -0.15) is 12.5 Å². The molecule has 1 aromatic heterocycles. The van der Waals surface area contributed by atoms with Gasteiger partial charge in [0.25, 0.3) is 0 Å². The van der Waals surface area contributed by atoms with Gasteiger partial charge >= 0.3 is 18.9 Å². The summed E-state index contributed by atoms with van der Waals surface area (Å²) in [4.78, 5) is 4.20. The Morgan fingerprint density at radius 2 is 1.83 bits per heavy atom. The fraction of sp³-hybridized carbons (Fsp3) is 0. The number of hydrogen-bond donors (Lipinski definition) is 0. The summed E-state index contributed by atoms with van der Waals surface area (Å²) in [5.74, 6) is 0. The minimum Gasteiger partial charge on any atom is -0.283 e. The van der Waals surface area contributed by atoms with Gasteiger partial charge in [0.15, 0.2) is 0 Å². The van der Waals surface area contributed by atoms with E-state index in [1.807, 2.05) is 30.3 Å². The maximum atomic E-state index is 4.20. The van der Waals surface area contributed by atoms with Crippen molar-refractivity contribution in [2.24, 2.45) is 0 Å². The molecule has 0 amide bonds.